The third-order valence-corrected chi connectivity index (χ3v) is 7.29. The number of benzene rings is 3. The lowest BCUT2D eigenvalue weighted by Crippen LogP contribution is -2.30. The number of hydrogen-bond donors (Lipinski definition) is 1. The monoisotopic (exact) mass is 482 g/mol. The van der Waals surface area contributed by atoms with Gasteiger partial charge in [-0.05, 0) is 43.3 Å². The number of nitrogens with one attached hydrogen (secondary N) is 1. The molecule has 3 aromatic rings. The summed E-state index contributed by atoms with van der Waals surface area (Å²) in [5, 5.41) is 2.84. The number of carbonyl (C=O) groups excluding carboxylic acids is 1. The molecule has 0 fully saturated rings. The van der Waals surface area contributed by atoms with Crippen LogP contribution < -0.4 is 14.8 Å². The molecule has 0 atom stereocenters. The fourth-order valence-electron chi connectivity index (χ4n) is 3.50. The van der Waals surface area contributed by atoms with Crippen molar-refractivity contribution in [2.24, 2.45) is 0 Å². The highest BCUT2D eigenvalue weighted by Gasteiger charge is 2.24. The molecule has 0 saturated heterocycles. The topological polar surface area (TPSA) is 84.9 Å². The normalized spacial score (nSPS) is 11.3. The van der Waals surface area contributed by atoms with Gasteiger partial charge in [0.25, 0.3) is 5.91 Å². The van der Waals surface area contributed by atoms with E-state index in [0.29, 0.717) is 48.0 Å². The maximum Gasteiger partial charge on any atom is 0.256 e. The van der Waals surface area contributed by atoms with Crippen molar-refractivity contribution in [3.8, 4) is 11.5 Å². The molecule has 3 aromatic carbocycles. The van der Waals surface area contributed by atoms with Gasteiger partial charge in [0.05, 0.1) is 17.2 Å². The standard InChI is InChI=1S/C26H30N2O5S/c1-4-28(5-2)34(30,31)22-16-17-25(32-6-3)24(18-22)27-26(29)23-15-11-10-12-20(23)19-33-21-13-8-7-9-14-21/h7-18H,4-6,19H2,1-3H3,(H,27,29). The minimum Gasteiger partial charge on any atom is -0.492 e. The van der Waals surface area contributed by atoms with Crippen LogP contribution in [0.3, 0.4) is 0 Å². The van der Waals surface area contributed by atoms with Crippen molar-refractivity contribution in [2.75, 3.05) is 25.0 Å². The predicted octanol–water partition coefficient (Wildman–Crippen LogP) is 4.95. The van der Waals surface area contributed by atoms with E-state index in [1.807, 2.05) is 49.4 Å². The first-order valence-electron chi connectivity index (χ1n) is 11.2. The van der Waals surface area contributed by atoms with Gasteiger partial charge in [0.2, 0.25) is 10.0 Å². The summed E-state index contributed by atoms with van der Waals surface area (Å²) >= 11 is 0. The second kappa shape index (κ2) is 11.7. The summed E-state index contributed by atoms with van der Waals surface area (Å²) in [6.45, 7) is 6.67. The summed E-state index contributed by atoms with van der Waals surface area (Å²) in [7, 11) is -3.70. The predicted molar refractivity (Wildman–Crippen MR) is 133 cm³/mol. The fourth-order valence-corrected chi connectivity index (χ4v) is 4.98. The summed E-state index contributed by atoms with van der Waals surface area (Å²) in [5.74, 6) is 0.712. The summed E-state index contributed by atoms with van der Waals surface area (Å²) in [6.07, 6.45) is 0. The molecule has 0 radical (unpaired) electrons. The van der Waals surface area contributed by atoms with Crippen LogP contribution in [0.25, 0.3) is 0 Å². The van der Waals surface area contributed by atoms with E-state index in [0.717, 1.165) is 0 Å². The summed E-state index contributed by atoms with van der Waals surface area (Å²) in [6, 6.07) is 21.0. The second-order valence-electron chi connectivity index (χ2n) is 7.39. The molecular weight excluding hydrogens is 452 g/mol. The lowest BCUT2D eigenvalue weighted by Gasteiger charge is -2.20. The fraction of sp³-hybridized carbons (Fsp3) is 0.269. The van der Waals surface area contributed by atoms with Gasteiger partial charge >= 0.3 is 0 Å². The van der Waals surface area contributed by atoms with E-state index in [-0.39, 0.29) is 17.4 Å². The Labute approximate surface area is 201 Å². The molecule has 0 unspecified atom stereocenters. The molecule has 0 heterocycles. The van der Waals surface area contributed by atoms with Crippen LogP contribution in [0.4, 0.5) is 5.69 Å². The lowest BCUT2D eigenvalue weighted by molar-refractivity contribution is 0.102. The van der Waals surface area contributed by atoms with E-state index >= 15 is 0 Å². The Morgan fingerprint density at radius 2 is 1.56 bits per heavy atom. The van der Waals surface area contributed by atoms with Gasteiger partial charge < -0.3 is 14.8 Å². The van der Waals surface area contributed by atoms with Gasteiger partial charge in [0.15, 0.2) is 0 Å². The average Bonchev–Trinajstić information content (AvgIpc) is 2.85. The van der Waals surface area contributed by atoms with Crippen LogP contribution in [-0.4, -0.2) is 38.3 Å². The Kier molecular flexibility index (Phi) is 8.67. The molecule has 0 saturated carbocycles. The number of sulfonamides is 1. The van der Waals surface area contributed by atoms with Crippen molar-refractivity contribution in [1.82, 2.24) is 4.31 Å². The molecule has 1 amide bonds. The van der Waals surface area contributed by atoms with Crippen LogP contribution in [0.2, 0.25) is 0 Å². The van der Waals surface area contributed by atoms with Gasteiger partial charge in [0, 0.05) is 24.2 Å². The molecule has 3 rings (SSSR count). The number of amides is 1. The van der Waals surface area contributed by atoms with Crippen LogP contribution >= 0.6 is 0 Å². The largest absolute Gasteiger partial charge is 0.492 e. The van der Waals surface area contributed by atoms with Crippen LogP contribution in [-0.2, 0) is 16.6 Å². The van der Waals surface area contributed by atoms with E-state index in [4.69, 9.17) is 9.47 Å². The van der Waals surface area contributed by atoms with Crippen molar-refractivity contribution < 1.29 is 22.7 Å². The van der Waals surface area contributed by atoms with Crippen molar-refractivity contribution in [3.05, 3.63) is 83.9 Å². The molecule has 180 valence electrons. The summed E-state index contributed by atoms with van der Waals surface area (Å²) in [5.41, 5.74) is 1.42. The Morgan fingerprint density at radius 1 is 0.882 bits per heavy atom. The Hall–Kier alpha value is -3.36. The molecule has 8 heteroatoms. The number of para-hydroxylation sites is 1. The first kappa shape index (κ1) is 25.3. The zero-order chi connectivity index (χ0) is 24.6. The van der Waals surface area contributed by atoms with Gasteiger partial charge in [-0.1, -0.05) is 50.2 Å². The lowest BCUT2D eigenvalue weighted by atomic mass is 10.1. The maximum absolute atomic E-state index is 13.2. The zero-order valence-corrected chi connectivity index (χ0v) is 20.5. The smallest absolute Gasteiger partial charge is 0.256 e. The van der Waals surface area contributed by atoms with Crippen molar-refractivity contribution in [2.45, 2.75) is 32.3 Å². The highest BCUT2D eigenvalue weighted by molar-refractivity contribution is 7.89. The molecule has 0 bridgehead atoms. The van der Waals surface area contributed by atoms with Crippen molar-refractivity contribution >= 4 is 21.6 Å². The Balaban J connectivity index is 1.89. The highest BCUT2D eigenvalue weighted by atomic mass is 32.2. The molecule has 0 aliphatic carbocycles. The minimum atomic E-state index is -3.70. The van der Waals surface area contributed by atoms with E-state index in [1.165, 1.54) is 16.4 Å². The van der Waals surface area contributed by atoms with Crippen molar-refractivity contribution in [1.29, 1.82) is 0 Å². The van der Waals surface area contributed by atoms with Gasteiger partial charge in [-0.3, -0.25) is 4.79 Å². The third-order valence-electron chi connectivity index (χ3n) is 5.24. The SMILES string of the molecule is CCOc1ccc(S(=O)(=O)N(CC)CC)cc1NC(=O)c1ccccc1COc1ccccc1. The third kappa shape index (κ3) is 5.95. The molecular formula is C26H30N2O5S. The Bertz CT molecular complexity index is 1210. The van der Waals surface area contributed by atoms with Crippen LogP contribution in [0.15, 0.2) is 77.7 Å². The molecule has 0 spiro atoms. The van der Waals surface area contributed by atoms with Crippen LogP contribution in [0, 0.1) is 0 Å². The van der Waals surface area contributed by atoms with Crippen LogP contribution in [0.1, 0.15) is 36.7 Å². The van der Waals surface area contributed by atoms with E-state index in [2.05, 4.69) is 5.32 Å². The van der Waals surface area contributed by atoms with Gasteiger partial charge in [0.1, 0.15) is 18.1 Å². The molecule has 0 aliphatic heterocycles. The molecule has 0 aromatic heterocycles. The average molecular weight is 483 g/mol. The number of nitrogens with zero attached hydrogens (tertiary/aromatic N) is 1. The zero-order valence-electron chi connectivity index (χ0n) is 19.7. The van der Waals surface area contributed by atoms with E-state index in [9.17, 15) is 13.2 Å². The number of anilines is 1. The summed E-state index contributed by atoms with van der Waals surface area (Å²) < 4.78 is 38.8. The van der Waals surface area contributed by atoms with Crippen molar-refractivity contribution in [3.63, 3.8) is 0 Å². The van der Waals surface area contributed by atoms with Gasteiger partial charge in [-0.15, -0.1) is 0 Å². The number of rotatable bonds is 11. The summed E-state index contributed by atoms with van der Waals surface area (Å²) in [4.78, 5) is 13.3. The Morgan fingerprint density at radius 3 is 2.24 bits per heavy atom. The minimum absolute atomic E-state index is 0.0932. The molecule has 34 heavy (non-hydrogen) atoms. The van der Waals surface area contributed by atoms with Gasteiger partial charge in [-0.25, -0.2) is 8.42 Å². The first-order valence-corrected chi connectivity index (χ1v) is 12.7. The van der Waals surface area contributed by atoms with Crippen LogP contribution in [0.5, 0.6) is 11.5 Å². The van der Waals surface area contributed by atoms with Gasteiger partial charge in [-0.2, -0.15) is 4.31 Å². The quantitative estimate of drug-likeness (QED) is 0.418. The molecule has 7 nitrogen and oxygen atoms in total. The number of hydrogen-bond acceptors (Lipinski definition) is 5. The number of ether oxygens (including phenoxy) is 2. The first-order chi connectivity index (χ1) is 16.4. The van der Waals surface area contributed by atoms with E-state index < -0.39 is 10.0 Å². The second-order valence-corrected chi connectivity index (χ2v) is 9.33. The molecule has 1 N–H and O–H groups in total. The number of carbonyl (C=O) groups is 1. The van der Waals surface area contributed by atoms with E-state index in [1.54, 1.807) is 32.0 Å². The highest BCUT2D eigenvalue weighted by Crippen LogP contribution is 2.30. The maximum atomic E-state index is 13.2. The molecule has 0 aliphatic rings.